The van der Waals surface area contributed by atoms with Gasteiger partial charge in [-0.05, 0) is 95.2 Å². The molecule has 0 aromatic rings. The average Bonchev–Trinajstić information content (AvgIpc) is 3.02. The molecule has 0 saturated carbocycles. The van der Waals surface area contributed by atoms with Gasteiger partial charge in [-0.15, -0.1) is 0 Å². The van der Waals surface area contributed by atoms with E-state index < -0.39 is 6.17 Å². The first-order valence-electron chi connectivity index (χ1n) is 16.6. The Bertz CT molecular complexity index is 1160. The van der Waals surface area contributed by atoms with E-state index in [1.165, 1.54) is 48.9 Å². The van der Waals surface area contributed by atoms with Crippen molar-refractivity contribution in [2.24, 2.45) is 28.2 Å². The minimum absolute atomic E-state index is 0.123. The number of halogens is 1. The fraction of sp³-hybridized carbons (Fsp3) is 0.595. The second kappa shape index (κ2) is 14.8. The predicted molar refractivity (Wildman–Crippen MR) is 176 cm³/mol. The van der Waals surface area contributed by atoms with Gasteiger partial charge in [-0.1, -0.05) is 74.1 Å². The van der Waals surface area contributed by atoms with Gasteiger partial charge < -0.3 is 16.0 Å². The highest BCUT2D eigenvalue weighted by Gasteiger charge is 2.32. The number of hydrogen-bond donors (Lipinski definition) is 3. The van der Waals surface area contributed by atoms with Crippen LogP contribution in [0.15, 0.2) is 88.8 Å². The number of aliphatic imine (C=N–C) groups is 1. The Labute approximate surface area is 254 Å². The van der Waals surface area contributed by atoms with Gasteiger partial charge in [-0.25, -0.2) is 9.38 Å². The zero-order valence-corrected chi connectivity index (χ0v) is 26.1. The molecule has 5 rings (SSSR count). The SMILES string of the molecule is CNC(/C=C\N=C\NC1=C(C2C=CCCC2)C=C(C2C=CCCC2NC2C=CC(F)CC2)CC1)C1(C)C=C[C@H](C)CC1. The fourth-order valence-electron chi connectivity index (χ4n) is 7.50. The van der Waals surface area contributed by atoms with E-state index in [4.69, 9.17) is 0 Å². The molecule has 0 bridgehead atoms. The van der Waals surface area contributed by atoms with Crippen LogP contribution in [-0.4, -0.2) is 37.7 Å². The van der Waals surface area contributed by atoms with Gasteiger partial charge in [-0.3, -0.25) is 0 Å². The van der Waals surface area contributed by atoms with Crippen molar-refractivity contribution in [3.8, 4) is 0 Å². The molecule has 0 amide bonds. The molecule has 0 radical (unpaired) electrons. The summed E-state index contributed by atoms with van der Waals surface area (Å²) in [7, 11) is 2.04. The highest BCUT2D eigenvalue weighted by atomic mass is 19.1. The first-order chi connectivity index (χ1) is 20.4. The lowest BCUT2D eigenvalue weighted by atomic mass is 9.72. The van der Waals surface area contributed by atoms with Crippen molar-refractivity contribution in [3.05, 3.63) is 83.8 Å². The molecule has 5 aliphatic rings. The molecule has 228 valence electrons. The van der Waals surface area contributed by atoms with Crippen molar-refractivity contribution in [3.63, 3.8) is 0 Å². The van der Waals surface area contributed by atoms with E-state index in [2.05, 4.69) is 89.5 Å². The van der Waals surface area contributed by atoms with Gasteiger partial charge in [0.05, 0.1) is 6.34 Å². The van der Waals surface area contributed by atoms with Crippen LogP contribution >= 0.6 is 0 Å². The van der Waals surface area contributed by atoms with E-state index in [-0.39, 0.29) is 17.5 Å². The van der Waals surface area contributed by atoms with Crippen molar-refractivity contribution in [2.75, 3.05) is 7.05 Å². The molecule has 0 aliphatic heterocycles. The Morgan fingerprint density at radius 1 is 1.00 bits per heavy atom. The number of nitrogens with one attached hydrogen (secondary N) is 3. The summed E-state index contributed by atoms with van der Waals surface area (Å²) in [5.74, 6) is 1.52. The Kier molecular flexibility index (Phi) is 10.9. The Morgan fingerprint density at radius 3 is 2.62 bits per heavy atom. The first kappa shape index (κ1) is 30.9. The summed E-state index contributed by atoms with van der Waals surface area (Å²) in [5.41, 5.74) is 4.39. The lowest BCUT2D eigenvalue weighted by Gasteiger charge is -2.37. The van der Waals surface area contributed by atoms with Crippen LogP contribution in [0.3, 0.4) is 0 Å². The number of rotatable bonds is 10. The molecule has 0 aromatic carbocycles. The van der Waals surface area contributed by atoms with E-state index in [9.17, 15) is 4.39 Å². The highest BCUT2D eigenvalue weighted by molar-refractivity contribution is 5.60. The van der Waals surface area contributed by atoms with Gasteiger partial charge in [0, 0.05) is 47.3 Å². The molecule has 3 N–H and O–H groups in total. The maximum atomic E-state index is 13.7. The van der Waals surface area contributed by atoms with Gasteiger partial charge in [0.2, 0.25) is 0 Å². The summed E-state index contributed by atoms with van der Waals surface area (Å²) >= 11 is 0. The predicted octanol–water partition coefficient (Wildman–Crippen LogP) is 8.01. The second-order valence-electron chi connectivity index (χ2n) is 13.4. The molecular weight excluding hydrogens is 519 g/mol. The molecule has 0 spiro atoms. The minimum atomic E-state index is -0.779. The lowest BCUT2D eigenvalue weighted by molar-refractivity contribution is 0.280. The third-order valence-electron chi connectivity index (χ3n) is 10.2. The number of hydrogen-bond acceptors (Lipinski definition) is 3. The molecular formula is C37H53FN4. The van der Waals surface area contributed by atoms with Crippen molar-refractivity contribution in [2.45, 2.75) is 109 Å². The van der Waals surface area contributed by atoms with Crippen LogP contribution < -0.4 is 16.0 Å². The first-order valence-corrected chi connectivity index (χ1v) is 16.6. The fourth-order valence-corrected chi connectivity index (χ4v) is 7.50. The van der Waals surface area contributed by atoms with E-state index in [0.29, 0.717) is 30.2 Å². The zero-order chi connectivity index (χ0) is 29.4. The molecule has 0 saturated heterocycles. The largest absolute Gasteiger partial charge is 0.350 e. The zero-order valence-electron chi connectivity index (χ0n) is 26.1. The van der Waals surface area contributed by atoms with Gasteiger partial charge in [0.25, 0.3) is 0 Å². The molecule has 4 nitrogen and oxygen atoms in total. The van der Waals surface area contributed by atoms with E-state index in [0.717, 1.165) is 32.1 Å². The van der Waals surface area contributed by atoms with Crippen LogP contribution in [-0.2, 0) is 0 Å². The molecule has 8 atom stereocenters. The van der Waals surface area contributed by atoms with Crippen molar-refractivity contribution >= 4 is 6.34 Å². The topological polar surface area (TPSA) is 48.5 Å². The summed E-state index contributed by atoms with van der Waals surface area (Å²) in [6, 6.07) is 0.940. The molecule has 5 aliphatic carbocycles. The standard InChI is InChI=1S/C37H53FN4/c1-27-19-22-37(2,23-20-27)36(39-3)21-24-40-26-41-34-18-13-29(25-33(34)28-9-5-4-6-10-28)32-11-7-8-12-35(32)42-31-16-14-30(38)15-17-31/h5,7,9,11,14,16,19,21-22,24-28,30-32,35-36,39,42H,4,6,8,10,12-13,15,17-18,20,23H2,1-3H3,(H,40,41)/b24-21-/t27-,28?,30?,31?,32?,35?,36?,37?/m0/s1. The third-order valence-corrected chi connectivity index (χ3v) is 10.2. The van der Waals surface area contributed by atoms with Crippen LogP contribution in [0.5, 0.6) is 0 Å². The summed E-state index contributed by atoms with van der Waals surface area (Å²) in [6.07, 6.45) is 37.7. The number of likely N-dealkylation sites (N-methyl/N-ethyl adjacent to an activating group) is 1. The smallest absolute Gasteiger partial charge is 0.118 e. The number of allylic oxidation sites excluding steroid dienone is 8. The van der Waals surface area contributed by atoms with Crippen molar-refractivity contribution in [1.29, 1.82) is 0 Å². The van der Waals surface area contributed by atoms with Crippen molar-refractivity contribution < 1.29 is 4.39 Å². The summed E-state index contributed by atoms with van der Waals surface area (Å²) < 4.78 is 13.7. The van der Waals surface area contributed by atoms with Crippen LogP contribution in [0.25, 0.3) is 0 Å². The lowest BCUT2D eigenvalue weighted by Crippen LogP contribution is -2.44. The Hall–Kier alpha value is -2.50. The monoisotopic (exact) mass is 572 g/mol. The maximum Gasteiger partial charge on any atom is 0.118 e. The van der Waals surface area contributed by atoms with Gasteiger partial charge >= 0.3 is 0 Å². The summed E-state index contributed by atoms with van der Waals surface area (Å²) in [5, 5.41) is 11.0. The Morgan fingerprint density at radius 2 is 1.88 bits per heavy atom. The van der Waals surface area contributed by atoms with Crippen LogP contribution in [0.2, 0.25) is 0 Å². The third kappa shape index (κ3) is 7.90. The highest BCUT2D eigenvalue weighted by Crippen LogP contribution is 2.39. The van der Waals surface area contributed by atoms with Crippen molar-refractivity contribution in [1.82, 2.24) is 16.0 Å². The molecule has 0 fully saturated rings. The van der Waals surface area contributed by atoms with Gasteiger partial charge in [-0.2, -0.15) is 0 Å². The van der Waals surface area contributed by atoms with E-state index >= 15 is 0 Å². The summed E-state index contributed by atoms with van der Waals surface area (Å²) in [4.78, 5) is 4.66. The quantitative estimate of drug-likeness (QED) is 0.141. The molecule has 7 unspecified atom stereocenters. The average molecular weight is 573 g/mol. The maximum absolute atomic E-state index is 13.7. The number of alkyl halides is 1. The molecule has 42 heavy (non-hydrogen) atoms. The van der Waals surface area contributed by atoms with Gasteiger partial charge in [0.1, 0.15) is 6.17 Å². The van der Waals surface area contributed by atoms with Crippen LogP contribution in [0.4, 0.5) is 4.39 Å². The summed E-state index contributed by atoms with van der Waals surface area (Å²) in [6.45, 7) is 4.64. The molecule has 5 heteroatoms. The molecule has 0 heterocycles. The minimum Gasteiger partial charge on any atom is -0.350 e. The van der Waals surface area contributed by atoms with Gasteiger partial charge in [0.15, 0.2) is 0 Å². The van der Waals surface area contributed by atoms with E-state index in [1.807, 2.05) is 19.6 Å². The Balaban J connectivity index is 1.30. The van der Waals surface area contributed by atoms with Crippen LogP contribution in [0.1, 0.15) is 84.5 Å². The van der Waals surface area contributed by atoms with Crippen LogP contribution in [0, 0.1) is 23.2 Å². The molecule has 0 aromatic heterocycles. The second-order valence-corrected chi connectivity index (χ2v) is 13.4. The normalized spacial score (nSPS) is 36.1. The van der Waals surface area contributed by atoms with E-state index in [1.54, 1.807) is 6.08 Å². The number of nitrogens with zero attached hydrogens (tertiary/aromatic N) is 1.